The number of rotatable bonds is 4. The zero-order valence-corrected chi connectivity index (χ0v) is 16.0. The summed E-state index contributed by atoms with van der Waals surface area (Å²) in [6.45, 7) is 1.23. The Hall–Kier alpha value is -2.82. The standard InChI is InChI=1S/C21H21NO8/c1-10(23)22(30-21-18(26)16(24)17(25)19(29-21)20(27)28)13-6-7-15-12(9-13)8-11-4-2-3-5-14(11)15/h2-7,9,16-19,21,24-26H,8H2,1H3,(H,27,28)/t16-,17-,18+,19-,21-/m0/s1. The molecule has 1 aliphatic heterocycles. The van der Waals surface area contributed by atoms with E-state index in [2.05, 4.69) is 0 Å². The van der Waals surface area contributed by atoms with E-state index in [-0.39, 0.29) is 0 Å². The van der Waals surface area contributed by atoms with Gasteiger partial charge in [-0.2, -0.15) is 5.06 Å². The van der Waals surface area contributed by atoms with Crippen molar-refractivity contribution >= 4 is 17.6 Å². The SMILES string of the molecule is CC(=O)N(O[C@@H]1O[C@H](C(=O)O)[C@@H](O)[C@H](O)[C@H]1O)c1ccc2c(c1)Cc1ccccc1-2. The Labute approximate surface area is 171 Å². The van der Waals surface area contributed by atoms with E-state index in [0.717, 1.165) is 27.3 Å². The summed E-state index contributed by atoms with van der Waals surface area (Å²) in [5.74, 6) is -2.08. The number of hydrogen-bond donors (Lipinski definition) is 4. The Kier molecular flexibility index (Phi) is 5.31. The van der Waals surface area contributed by atoms with Gasteiger partial charge in [-0.15, -0.1) is 0 Å². The number of nitrogens with zero attached hydrogens (tertiary/aromatic N) is 1. The second kappa shape index (κ2) is 7.78. The van der Waals surface area contributed by atoms with E-state index in [1.807, 2.05) is 30.3 Å². The third-order valence-electron chi connectivity index (χ3n) is 5.32. The Bertz CT molecular complexity index is 993. The van der Waals surface area contributed by atoms with Gasteiger partial charge in [0.05, 0.1) is 5.69 Å². The number of benzene rings is 2. The molecule has 0 unspecified atom stereocenters. The van der Waals surface area contributed by atoms with Crippen LogP contribution in [0.2, 0.25) is 0 Å². The number of fused-ring (bicyclic) bond motifs is 3. The fraction of sp³-hybridized carbons (Fsp3) is 0.333. The summed E-state index contributed by atoms with van der Waals surface area (Å²) in [5.41, 5.74) is 4.65. The Balaban J connectivity index is 1.60. The lowest BCUT2D eigenvalue weighted by molar-refractivity contribution is -0.295. The minimum absolute atomic E-state index is 0.359. The average Bonchev–Trinajstić information content (AvgIpc) is 3.08. The molecule has 1 fully saturated rings. The van der Waals surface area contributed by atoms with Gasteiger partial charge in [-0.3, -0.25) is 4.79 Å². The summed E-state index contributed by atoms with van der Waals surface area (Å²) in [7, 11) is 0. The highest BCUT2D eigenvalue weighted by Crippen LogP contribution is 2.38. The second-order valence-corrected chi connectivity index (χ2v) is 7.33. The Morgan fingerprint density at radius 3 is 2.40 bits per heavy atom. The van der Waals surface area contributed by atoms with Crippen molar-refractivity contribution in [2.75, 3.05) is 5.06 Å². The molecular weight excluding hydrogens is 394 g/mol. The number of amides is 1. The van der Waals surface area contributed by atoms with Crippen LogP contribution < -0.4 is 5.06 Å². The summed E-state index contributed by atoms with van der Waals surface area (Å²) in [6, 6.07) is 13.2. The van der Waals surface area contributed by atoms with Crippen LogP contribution in [-0.4, -0.2) is 63.0 Å². The summed E-state index contributed by atoms with van der Waals surface area (Å²) >= 11 is 0. The van der Waals surface area contributed by atoms with Crippen molar-refractivity contribution in [3.63, 3.8) is 0 Å². The third kappa shape index (κ3) is 3.47. The van der Waals surface area contributed by atoms with Crippen molar-refractivity contribution in [2.24, 2.45) is 0 Å². The van der Waals surface area contributed by atoms with Crippen LogP contribution in [0, 0.1) is 0 Å². The molecule has 4 rings (SSSR count). The largest absolute Gasteiger partial charge is 0.479 e. The molecule has 158 valence electrons. The third-order valence-corrected chi connectivity index (χ3v) is 5.32. The van der Waals surface area contributed by atoms with Gasteiger partial charge in [-0.1, -0.05) is 30.3 Å². The number of carbonyl (C=O) groups is 2. The minimum Gasteiger partial charge on any atom is -0.479 e. The molecule has 2 aromatic carbocycles. The van der Waals surface area contributed by atoms with Crippen LogP contribution in [0.5, 0.6) is 0 Å². The van der Waals surface area contributed by atoms with Gasteiger partial charge in [-0.25, -0.2) is 9.63 Å². The fourth-order valence-corrected chi connectivity index (χ4v) is 3.82. The van der Waals surface area contributed by atoms with Crippen LogP contribution in [0.1, 0.15) is 18.1 Å². The lowest BCUT2D eigenvalue weighted by Gasteiger charge is -2.39. The van der Waals surface area contributed by atoms with Crippen LogP contribution >= 0.6 is 0 Å². The van der Waals surface area contributed by atoms with E-state index in [9.17, 15) is 24.9 Å². The van der Waals surface area contributed by atoms with Gasteiger partial charge in [-0.05, 0) is 40.8 Å². The number of aliphatic hydroxyl groups is 3. The van der Waals surface area contributed by atoms with Crippen LogP contribution in [0.15, 0.2) is 42.5 Å². The van der Waals surface area contributed by atoms with Gasteiger partial charge >= 0.3 is 5.97 Å². The van der Waals surface area contributed by atoms with Gasteiger partial charge in [0, 0.05) is 6.92 Å². The molecule has 30 heavy (non-hydrogen) atoms. The van der Waals surface area contributed by atoms with Gasteiger partial charge < -0.3 is 25.2 Å². The normalized spacial score (nSPS) is 27.3. The first kappa shape index (κ1) is 20.5. The van der Waals surface area contributed by atoms with Crippen molar-refractivity contribution in [1.29, 1.82) is 0 Å². The highest BCUT2D eigenvalue weighted by molar-refractivity contribution is 5.90. The number of carboxylic acids is 1. The van der Waals surface area contributed by atoms with Crippen molar-refractivity contribution < 1.29 is 39.6 Å². The zero-order chi connectivity index (χ0) is 21.6. The van der Waals surface area contributed by atoms with E-state index in [1.54, 1.807) is 12.1 Å². The lowest BCUT2D eigenvalue weighted by atomic mass is 9.99. The van der Waals surface area contributed by atoms with Gasteiger partial charge in [0.15, 0.2) is 6.10 Å². The molecule has 1 amide bonds. The second-order valence-electron chi connectivity index (χ2n) is 7.33. The minimum atomic E-state index is -1.85. The smallest absolute Gasteiger partial charge is 0.335 e. The molecule has 9 nitrogen and oxygen atoms in total. The summed E-state index contributed by atoms with van der Waals surface area (Å²) in [4.78, 5) is 29.0. The molecule has 2 aliphatic rings. The lowest BCUT2D eigenvalue weighted by Crippen LogP contribution is -2.61. The summed E-state index contributed by atoms with van der Waals surface area (Å²) in [5, 5.41) is 40.0. The van der Waals surface area contributed by atoms with E-state index in [0.29, 0.717) is 12.1 Å². The summed E-state index contributed by atoms with van der Waals surface area (Å²) < 4.78 is 5.11. The van der Waals surface area contributed by atoms with Crippen molar-refractivity contribution in [3.05, 3.63) is 53.6 Å². The van der Waals surface area contributed by atoms with Gasteiger partial charge in [0.1, 0.15) is 18.3 Å². The predicted octanol–water partition coefficient (Wildman–Crippen LogP) is 0.435. The van der Waals surface area contributed by atoms with E-state index >= 15 is 0 Å². The van der Waals surface area contributed by atoms with Crippen LogP contribution in [-0.2, 0) is 25.6 Å². The number of carbonyl (C=O) groups excluding carboxylic acids is 1. The number of hydroxylamine groups is 1. The Morgan fingerprint density at radius 2 is 1.70 bits per heavy atom. The molecule has 2 aromatic rings. The fourth-order valence-electron chi connectivity index (χ4n) is 3.82. The molecule has 0 spiro atoms. The van der Waals surface area contributed by atoms with Crippen LogP contribution in [0.3, 0.4) is 0 Å². The molecule has 0 aromatic heterocycles. The first-order valence-corrected chi connectivity index (χ1v) is 9.39. The molecule has 1 aliphatic carbocycles. The first-order valence-electron chi connectivity index (χ1n) is 9.39. The molecule has 1 saturated heterocycles. The number of carboxylic acid groups (broad SMARTS) is 1. The molecule has 0 radical (unpaired) electrons. The molecule has 5 atom stereocenters. The van der Waals surface area contributed by atoms with Crippen molar-refractivity contribution in [3.8, 4) is 11.1 Å². The van der Waals surface area contributed by atoms with Gasteiger partial charge in [0.2, 0.25) is 12.2 Å². The highest BCUT2D eigenvalue weighted by atomic mass is 16.8. The van der Waals surface area contributed by atoms with Crippen LogP contribution in [0.4, 0.5) is 5.69 Å². The average molecular weight is 415 g/mol. The maximum Gasteiger partial charge on any atom is 0.335 e. The van der Waals surface area contributed by atoms with E-state index in [1.165, 1.54) is 6.92 Å². The van der Waals surface area contributed by atoms with Crippen LogP contribution in [0.25, 0.3) is 11.1 Å². The number of ether oxygens (including phenoxy) is 1. The van der Waals surface area contributed by atoms with E-state index < -0.39 is 42.6 Å². The van der Waals surface area contributed by atoms with E-state index in [4.69, 9.17) is 14.7 Å². The monoisotopic (exact) mass is 415 g/mol. The molecule has 1 heterocycles. The summed E-state index contributed by atoms with van der Waals surface area (Å²) in [6.07, 6.45) is -8.26. The molecule has 0 bridgehead atoms. The zero-order valence-electron chi connectivity index (χ0n) is 16.0. The number of anilines is 1. The molecular formula is C21H21NO8. The van der Waals surface area contributed by atoms with Gasteiger partial charge in [0.25, 0.3) is 0 Å². The highest BCUT2D eigenvalue weighted by Gasteiger charge is 2.48. The number of hydrogen-bond acceptors (Lipinski definition) is 7. The number of aliphatic hydroxyl groups excluding tert-OH is 3. The molecule has 4 N–H and O–H groups in total. The first-order chi connectivity index (χ1) is 14.3. The predicted molar refractivity (Wildman–Crippen MR) is 103 cm³/mol. The van der Waals surface area contributed by atoms with Crippen molar-refractivity contribution in [2.45, 2.75) is 44.1 Å². The van der Waals surface area contributed by atoms with Crippen molar-refractivity contribution in [1.82, 2.24) is 0 Å². The molecule has 0 saturated carbocycles. The molecule has 9 heteroatoms. The maximum absolute atomic E-state index is 12.2. The number of aliphatic carboxylic acids is 1. The quantitative estimate of drug-likeness (QED) is 0.451. The Morgan fingerprint density at radius 1 is 1.00 bits per heavy atom. The maximum atomic E-state index is 12.2. The topological polar surface area (TPSA) is 137 Å².